The van der Waals surface area contributed by atoms with Crippen molar-refractivity contribution in [1.29, 1.82) is 0 Å². The van der Waals surface area contributed by atoms with Crippen LogP contribution in [0.1, 0.15) is 252 Å². The molecular formula is C49H99N5O3. The fourth-order valence-electron chi connectivity index (χ4n) is 7.77. The minimum atomic E-state index is -0.780. The Morgan fingerprint density at radius 2 is 0.702 bits per heavy atom. The number of nitrogens with one attached hydrogen (secondary N) is 3. The smallest absolute Gasteiger partial charge is 0.243 e. The number of hydrogen-bond acceptors (Lipinski definition) is 6. The second-order valence-electron chi connectivity index (χ2n) is 17.2. The molecule has 0 aliphatic carbocycles. The molecule has 0 saturated heterocycles. The molecule has 1 atom stereocenters. The van der Waals surface area contributed by atoms with Gasteiger partial charge < -0.3 is 21.7 Å². The number of carbonyl (C=O) groups is 3. The van der Waals surface area contributed by atoms with Crippen molar-refractivity contribution >= 4 is 17.7 Å². The molecule has 1 unspecified atom stereocenters. The van der Waals surface area contributed by atoms with Crippen molar-refractivity contribution in [2.24, 2.45) is 5.73 Å². The molecule has 0 spiro atoms. The van der Waals surface area contributed by atoms with Crippen molar-refractivity contribution in [3.63, 3.8) is 0 Å². The number of amides is 3. The Hall–Kier alpha value is -1.51. The third-order valence-electron chi connectivity index (χ3n) is 11.6. The van der Waals surface area contributed by atoms with Crippen LogP contribution in [0.2, 0.25) is 0 Å². The predicted octanol–water partition coefficient (Wildman–Crippen LogP) is 12.1. The van der Waals surface area contributed by atoms with Crippen LogP contribution < -0.4 is 21.7 Å². The zero-order valence-corrected chi connectivity index (χ0v) is 38.5. The average Bonchev–Trinajstić information content (AvgIpc) is 3.21. The molecule has 8 nitrogen and oxygen atoms in total. The Kier molecular flexibility index (Phi) is 44.4. The maximum Gasteiger partial charge on any atom is 0.243 e. The second-order valence-corrected chi connectivity index (χ2v) is 17.2. The van der Waals surface area contributed by atoms with Gasteiger partial charge in [-0.25, -0.2) is 0 Å². The van der Waals surface area contributed by atoms with Crippen LogP contribution in [0, 0.1) is 0 Å². The Morgan fingerprint density at radius 1 is 0.404 bits per heavy atom. The van der Waals surface area contributed by atoms with E-state index in [2.05, 4.69) is 29.8 Å². The molecule has 0 aromatic rings. The van der Waals surface area contributed by atoms with Crippen LogP contribution in [0.3, 0.4) is 0 Å². The van der Waals surface area contributed by atoms with Gasteiger partial charge in [-0.05, 0) is 78.2 Å². The fourth-order valence-corrected chi connectivity index (χ4v) is 7.77. The van der Waals surface area contributed by atoms with Crippen molar-refractivity contribution in [1.82, 2.24) is 20.9 Å². The van der Waals surface area contributed by atoms with Gasteiger partial charge in [0.1, 0.15) is 6.04 Å². The van der Waals surface area contributed by atoms with E-state index in [0.717, 1.165) is 96.9 Å². The maximum absolute atomic E-state index is 13.5. The molecule has 0 aliphatic heterocycles. The summed E-state index contributed by atoms with van der Waals surface area (Å²) < 4.78 is 0. The number of carbonyl (C=O) groups excluding carboxylic acids is 3. The first kappa shape index (κ1) is 55.5. The van der Waals surface area contributed by atoms with Gasteiger partial charge in [0, 0.05) is 19.4 Å². The molecule has 8 heteroatoms. The number of imide groups is 1. The van der Waals surface area contributed by atoms with Crippen molar-refractivity contribution in [3.8, 4) is 0 Å². The molecular weight excluding hydrogens is 707 g/mol. The molecule has 0 fully saturated rings. The van der Waals surface area contributed by atoms with E-state index in [1.807, 2.05) is 0 Å². The van der Waals surface area contributed by atoms with Gasteiger partial charge in [-0.15, -0.1) is 0 Å². The van der Waals surface area contributed by atoms with Gasteiger partial charge in [-0.3, -0.25) is 19.3 Å². The second kappa shape index (κ2) is 45.6. The van der Waals surface area contributed by atoms with Gasteiger partial charge >= 0.3 is 0 Å². The summed E-state index contributed by atoms with van der Waals surface area (Å²) in [6.45, 7) is 11.3. The Bertz CT molecular complexity index is 826. The number of unbranched alkanes of at least 4 members (excludes halogenated alkanes) is 29. The molecule has 0 aliphatic rings. The number of nitrogens with zero attached hydrogens (tertiary/aromatic N) is 1. The lowest BCUT2D eigenvalue weighted by atomic mass is 10.0. The van der Waals surface area contributed by atoms with Crippen LogP contribution >= 0.6 is 0 Å². The molecule has 0 radical (unpaired) electrons. The lowest BCUT2D eigenvalue weighted by Crippen LogP contribution is -2.51. The highest BCUT2D eigenvalue weighted by molar-refractivity contribution is 6.00. The molecule has 0 aromatic carbocycles. The number of nitrogens with two attached hydrogens (primary N) is 1. The van der Waals surface area contributed by atoms with Crippen LogP contribution in [0.5, 0.6) is 0 Å². The standard InChI is InChI=1S/C49H99N5O3/c1-4-6-8-10-12-14-16-18-20-22-24-26-28-30-32-38-47(55)54(46(3)49(57)53-45-37-44-52-42-35-34-41-51-43-36-40-50)48(56)39-33-31-29-27-25-23-21-19-17-15-13-11-9-7-5-2/h46,51-52H,4-45,50H2,1-3H3,(H,53,57). The minimum absolute atomic E-state index is 0.183. The van der Waals surface area contributed by atoms with Crippen LogP contribution in [0.25, 0.3) is 0 Å². The lowest BCUT2D eigenvalue weighted by molar-refractivity contribution is -0.151. The van der Waals surface area contributed by atoms with E-state index in [1.54, 1.807) is 6.92 Å². The highest BCUT2D eigenvalue weighted by Gasteiger charge is 2.30. The molecule has 3 amide bonds. The quantitative estimate of drug-likeness (QED) is 0.0455. The normalized spacial score (nSPS) is 11.9. The third kappa shape index (κ3) is 38.4. The summed E-state index contributed by atoms with van der Waals surface area (Å²) in [6, 6.07) is -0.780. The summed E-state index contributed by atoms with van der Waals surface area (Å²) in [5.74, 6) is -0.594. The Labute approximate surface area is 354 Å². The van der Waals surface area contributed by atoms with E-state index in [9.17, 15) is 14.4 Å². The zero-order chi connectivity index (χ0) is 41.7. The van der Waals surface area contributed by atoms with E-state index in [4.69, 9.17) is 5.73 Å². The van der Waals surface area contributed by atoms with Crippen molar-refractivity contribution in [2.45, 2.75) is 258 Å². The highest BCUT2D eigenvalue weighted by atomic mass is 16.2. The van der Waals surface area contributed by atoms with Crippen LogP contribution in [-0.2, 0) is 14.4 Å². The van der Waals surface area contributed by atoms with Gasteiger partial charge in [0.15, 0.2) is 0 Å². The van der Waals surface area contributed by atoms with Gasteiger partial charge in [0.05, 0.1) is 0 Å². The first-order valence-corrected chi connectivity index (χ1v) is 25.2. The van der Waals surface area contributed by atoms with E-state index >= 15 is 0 Å². The van der Waals surface area contributed by atoms with E-state index in [1.165, 1.54) is 159 Å². The SMILES string of the molecule is CCCCCCCCCCCCCCCCCC(=O)N(C(=O)CCCCCCCCCCCCCCCCC)C(C)C(=O)NCCCNCCCCNCCCN. The van der Waals surface area contributed by atoms with E-state index < -0.39 is 6.04 Å². The lowest BCUT2D eigenvalue weighted by Gasteiger charge is -2.27. The predicted molar refractivity (Wildman–Crippen MR) is 247 cm³/mol. The van der Waals surface area contributed by atoms with Crippen LogP contribution in [-0.4, -0.2) is 67.9 Å². The summed E-state index contributed by atoms with van der Waals surface area (Å²) in [5.41, 5.74) is 5.53. The number of rotatable bonds is 46. The average molecular weight is 806 g/mol. The van der Waals surface area contributed by atoms with Gasteiger partial charge in [-0.1, -0.05) is 194 Å². The minimum Gasteiger partial charge on any atom is -0.354 e. The zero-order valence-electron chi connectivity index (χ0n) is 38.5. The molecule has 0 saturated carbocycles. The van der Waals surface area contributed by atoms with Crippen molar-refractivity contribution in [3.05, 3.63) is 0 Å². The first-order valence-electron chi connectivity index (χ1n) is 25.2. The van der Waals surface area contributed by atoms with E-state index in [0.29, 0.717) is 19.4 Å². The van der Waals surface area contributed by atoms with Crippen LogP contribution in [0.15, 0.2) is 0 Å². The van der Waals surface area contributed by atoms with Crippen LogP contribution in [0.4, 0.5) is 0 Å². The summed E-state index contributed by atoms with van der Waals surface area (Å²) in [4.78, 5) is 41.5. The first-order chi connectivity index (χ1) is 28.0. The molecule has 0 aromatic heterocycles. The largest absolute Gasteiger partial charge is 0.354 e. The monoisotopic (exact) mass is 806 g/mol. The molecule has 0 rings (SSSR count). The highest BCUT2D eigenvalue weighted by Crippen LogP contribution is 2.17. The Morgan fingerprint density at radius 3 is 1.04 bits per heavy atom. The third-order valence-corrected chi connectivity index (χ3v) is 11.6. The Balaban J connectivity index is 4.47. The molecule has 57 heavy (non-hydrogen) atoms. The van der Waals surface area contributed by atoms with Gasteiger partial charge in [-0.2, -0.15) is 0 Å². The molecule has 0 bridgehead atoms. The summed E-state index contributed by atoms with van der Waals surface area (Å²) in [6.07, 6.45) is 43.0. The number of hydrogen-bond donors (Lipinski definition) is 4. The van der Waals surface area contributed by atoms with Gasteiger partial charge in [0.25, 0.3) is 0 Å². The van der Waals surface area contributed by atoms with Crippen molar-refractivity contribution < 1.29 is 14.4 Å². The summed E-state index contributed by atoms with van der Waals surface area (Å²) >= 11 is 0. The summed E-state index contributed by atoms with van der Waals surface area (Å²) in [7, 11) is 0. The van der Waals surface area contributed by atoms with Gasteiger partial charge in [0.2, 0.25) is 17.7 Å². The summed E-state index contributed by atoms with van der Waals surface area (Å²) in [5, 5.41) is 9.86. The molecule has 5 N–H and O–H groups in total. The van der Waals surface area contributed by atoms with Crippen molar-refractivity contribution in [2.75, 3.05) is 39.3 Å². The molecule has 338 valence electrons. The topological polar surface area (TPSA) is 117 Å². The fraction of sp³-hybridized carbons (Fsp3) is 0.939. The maximum atomic E-state index is 13.5. The molecule has 0 heterocycles. The van der Waals surface area contributed by atoms with E-state index in [-0.39, 0.29) is 17.7 Å².